The molecule has 3 aliphatic rings. The number of benzene rings is 6. The Hall–Kier alpha value is -6.04. The number of ether oxygens (including phenoxy) is 3. The molecule has 0 bridgehead atoms. The van der Waals surface area contributed by atoms with E-state index in [9.17, 15) is 25.3 Å². The van der Waals surface area contributed by atoms with Gasteiger partial charge in [0.25, 0.3) is 0 Å². The number of phosphoric acid groups is 1. The SMILES string of the molecule is CCc1cc(S(=O)(=O)NC2CC2)ccc1N(CC)C(OP(=O)(OC(c1ccc(OC)cc1)N(CC)c1ccc(S(=O)(=O)NC2CC2)cc1CC)OC(c1ccc(OC)cc1)N(CC)c1ccc(S(=O)(=O)NC2CC2)cc1CC)c1ccc(OC)cc1. The predicted molar refractivity (Wildman–Crippen MR) is 335 cm³/mol. The Labute approximate surface area is 508 Å². The van der Waals surface area contributed by atoms with E-state index in [0.29, 0.717) is 87.0 Å². The topological polar surface area (TPSA) is 221 Å². The van der Waals surface area contributed by atoms with E-state index in [2.05, 4.69) is 14.2 Å². The minimum absolute atomic E-state index is 0.108. The largest absolute Gasteiger partial charge is 0.497 e. The Bertz CT molecular complexity index is 3320. The van der Waals surface area contributed by atoms with Crippen LogP contribution in [0.2, 0.25) is 0 Å². The van der Waals surface area contributed by atoms with Crippen LogP contribution in [0.5, 0.6) is 17.2 Å². The van der Waals surface area contributed by atoms with Gasteiger partial charge in [0, 0.05) is 71.5 Å². The van der Waals surface area contributed by atoms with Gasteiger partial charge in [0.15, 0.2) is 18.7 Å². The number of hydrogen-bond acceptors (Lipinski definition) is 16. The molecular weight excluding hydrogens is 1180 g/mol. The van der Waals surface area contributed by atoms with Crippen molar-refractivity contribution in [3.05, 3.63) is 161 Å². The third-order valence-electron chi connectivity index (χ3n) is 15.6. The van der Waals surface area contributed by atoms with E-state index in [-0.39, 0.29) is 52.4 Å². The zero-order valence-electron chi connectivity index (χ0n) is 50.4. The Morgan fingerprint density at radius 3 is 0.849 bits per heavy atom. The van der Waals surface area contributed by atoms with Gasteiger partial charge >= 0.3 is 7.82 Å². The van der Waals surface area contributed by atoms with Crippen LogP contribution in [-0.4, -0.2) is 84.3 Å². The Morgan fingerprint density at radius 1 is 0.407 bits per heavy atom. The molecule has 23 heteroatoms. The maximum absolute atomic E-state index is 17.6. The second-order valence-corrected chi connectivity index (χ2v) is 28.3. The number of anilines is 3. The zero-order chi connectivity index (χ0) is 61.6. The molecule has 6 aromatic rings. The van der Waals surface area contributed by atoms with E-state index in [1.165, 1.54) is 0 Å². The van der Waals surface area contributed by atoms with Gasteiger partial charge < -0.3 is 28.9 Å². The van der Waals surface area contributed by atoms with Crippen molar-refractivity contribution in [1.82, 2.24) is 14.2 Å². The van der Waals surface area contributed by atoms with Gasteiger partial charge in [-0.05, 0) is 186 Å². The first-order valence-corrected chi connectivity index (χ1v) is 35.5. The lowest BCUT2D eigenvalue weighted by atomic mass is 10.1. The molecule has 0 aliphatic heterocycles. The highest BCUT2D eigenvalue weighted by Gasteiger charge is 2.44. The summed E-state index contributed by atoms with van der Waals surface area (Å²) in [4.78, 5) is 5.99. The number of hydrogen-bond donors (Lipinski definition) is 3. The van der Waals surface area contributed by atoms with Crippen LogP contribution in [-0.2, 0) is 67.5 Å². The molecule has 0 saturated heterocycles. The Balaban J connectivity index is 1.26. The fraction of sp³-hybridized carbons (Fsp3) is 0.429. The van der Waals surface area contributed by atoms with Crippen molar-refractivity contribution in [2.45, 2.75) is 151 Å². The summed E-state index contributed by atoms with van der Waals surface area (Å²) >= 11 is 0. The summed E-state index contributed by atoms with van der Waals surface area (Å²) in [6.07, 6.45) is 1.91. The molecule has 0 aromatic heterocycles. The van der Waals surface area contributed by atoms with Gasteiger partial charge in [0.05, 0.1) is 36.0 Å². The average molecular weight is 1260 g/mol. The first-order chi connectivity index (χ1) is 41.2. The van der Waals surface area contributed by atoms with Crippen molar-refractivity contribution >= 4 is 55.0 Å². The summed E-state index contributed by atoms with van der Waals surface area (Å²) in [5, 5.41) is 0. The second kappa shape index (κ2) is 27.6. The third-order valence-corrected chi connectivity index (χ3v) is 21.5. The summed E-state index contributed by atoms with van der Waals surface area (Å²) in [5.41, 5.74) is 5.29. The number of nitrogens with zero attached hydrogens (tertiary/aromatic N) is 3. The number of phosphoric ester groups is 1. The van der Waals surface area contributed by atoms with E-state index >= 15 is 4.57 Å². The molecule has 3 fully saturated rings. The highest BCUT2D eigenvalue weighted by atomic mass is 32.2. The molecule has 3 aliphatic carbocycles. The number of nitrogens with one attached hydrogen (secondary N) is 3. The highest BCUT2D eigenvalue weighted by Crippen LogP contribution is 2.61. The summed E-state index contributed by atoms with van der Waals surface area (Å²) in [6, 6.07) is 35.8. The first-order valence-electron chi connectivity index (χ1n) is 29.6. The van der Waals surface area contributed by atoms with E-state index in [4.69, 9.17) is 27.8 Å². The van der Waals surface area contributed by atoms with Crippen LogP contribution in [0.3, 0.4) is 0 Å². The molecule has 86 heavy (non-hydrogen) atoms. The average Bonchev–Trinajstić information content (AvgIpc) is 3.27. The van der Waals surface area contributed by atoms with E-state index in [1.807, 2.05) is 56.2 Å². The number of sulfonamides is 3. The highest BCUT2D eigenvalue weighted by molar-refractivity contribution is 7.90. The monoisotopic (exact) mass is 1260 g/mol. The summed E-state index contributed by atoms with van der Waals surface area (Å²) in [5.74, 6) is 1.62. The van der Waals surface area contributed by atoms with Crippen LogP contribution in [0.1, 0.15) is 132 Å². The lowest BCUT2D eigenvalue weighted by Crippen LogP contribution is -2.36. The fourth-order valence-corrected chi connectivity index (χ4v) is 16.0. The predicted octanol–water partition coefficient (Wildman–Crippen LogP) is 11.9. The van der Waals surface area contributed by atoms with Gasteiger partial charge in [-0.2, -0.15) is 0 Å². The van der Waals surface area contributed by atoms with Crippen LogP contribution < -0.4 is 43.1 Å². The van der Waals surface area contributed by atoms with Crippen molar-refractivity contribution in [3.63, 3.8) is 0 Å². The quantitative estimate of drug-likeness (QED) is 0.0258. The lowest BCUT2D eigenvalue weighted by Gasteiger charge is -2.41. The molecule has 9 rings (SSSR count). The van der Waals surface area contributed by atoms with Gasteiger partial charge in [0.1, 0.15) is 17.2 Å². The number of rotatable bonds is 33. The molecule has 6 aromatic carbocycles. The van der Waals surface area contributed by atoms with Gasteiger partial charge in [0.2, 0.25) is 30.1 Å². The van der Waals surface area contributed by atoms with Crippen LogP contribution in [0, 0.1) is 0 Å². The van der Waals surface area contributed by atoms with E-state index in [1.54, 1.807) is 149 Å². The van der Waals surface area contributed by atoms with Crippen molar-refractivity contribution in [1.29, 1.82) is 0 Å². The van der Waals surface area contributed by atoms with E-state index < -0.39 is 56.6 Å². The maximum Gasteiger partial charge on any atom is 0.481 e. The molecule has 0 amide bonds. The summed E-state index contributed by atoms with van der Waals surface area (Å²) < 4.78 is 147. The smallest absolute Gasteiger partial charge is 0.481 e. The van der Waals surface area contributed by atoms with Crippen LogP contribution in [0.25, 0.3) is 0 Å². The lowest BCUT2D eigenvalue weighted by molar-refractivity contribution is 0.0266. The molecular formula is C63H81N6O13PS3. The number of aryl methyl sites for hydroxylation is 3. The van der Waals surface area contributed by atoms with Gasteiger partial charge in [-0.3, -0.25) is 13.6 Å². The fourth-order valence-electron chi connectivity index (χ4n) is 10.4. The van der Waals surface area contributed by atoms with Crippen molar-refractivity contribution < 1.29 is 57.6 Å². The Morgan fingerprint density at radius 2 is 0.651 bits per heavy atom. The van der Waals surface area contributed by atoms with Gasteiger partial charge in [-0.1, -0.05) is 57.2 Å². The summed E-state index contributed by atoms with van der Waals surface area (Å²) in [6.45, 7) is 12.2. The van der Waals surface area contributed by atoms with Crippen molar-refractivity contribution in [3.8, 4) is 17.2 Å². The number of methoxy groups -OCH3 is 3. The molecule has 3 saturated carbocycles. The van der Waals surface area contributed by atoms with Crippen molar-refractivity contribution in [2.75, 3.05) is 55.7 Å². The minimum Gasteiger partial charge on any atom is -0.497 e. The molecule has 3 unspecified atom stereocenters. The molecule has 19 nitrogen and oxygen atoms in total. The standard InChI is InChI=1S/C63H81N6O13PS3/c1-10-43-40-55(84(71,72)64-49-22-23-49)34-37-58(43)67(13-4)61(46-16-28-52(77-7)29-17-46)80-83(70,81-62(47-18-30-53(78-8)31-19-47)68(14-5)59-38-35-56(41-44(59)11-2)85(73,74)65-50-24-25-50)82-63(48-20-32-54(79-9)33-21-48)69(15-6)60-39-36-57(42-45(60)12-3)86(75,76)66-51-26-27-51/h16-21,28-42,49-51,61-66H,10-15,22-27H2,1-9H3. The van der Waals surface area contributed by atoms with Gasteiger partial charge in [-0.15, -0.1) is 0 Å². The first kappa shape index (κ1) is 64.4. The maximum atomic E-state index is 17.6. The minimum atomic E-state index is -5.25. The molecule has 0 heterocycles. The molecule has 3 N–H and O–H groups in total. The second-order valence-electron chi connectivity index (χ2n) is 21.6. The van der Waals surface area contributed by atoms with Crippen molar-refractivity contribution in [2.24, 2.45) is 0 Å². The Kier molecular flexibility index (Phi) is 20.6. The van der Waals surface area contributed by atoms with Crippen LogP contribution >= 0.6 is 7.82 Å². The van der Waals surface area contributed by atoms with E-state index in [0.717, 1.165) is 38.5 Å². The summed E-state index contributed by atoms with van der Waals surface area (Å²) in [7, 11) is -12.2. The normalized spacial score (nSPS) is 16.4. The zero-order valence-corrected chi connectivity index (χ0v) is 53.7. The molecule has 0 radical (unpaired) electrons. The third kappa shape index (κ3) is 15.3. The van der Waals surface area contributed by atoms with Gasteiger partial charge in [-0.25, -0.2) is 44.0 Å². The molecule has 3 atom stereocenters. The van der Waals surface area contributed by atoms with Crippen LogP contribution in [0.4, 0.5) is 17.1 Å². The molecule has 464 valence electrons. The molecule has 0 spiro atoms. The van der Waals surface area contributed by atoms with Crippen LogP contribution in [0.15, 0.2) is 142 Å².